The Morgan fingerprint density at radius 1 is 0.850 bits per heavy atom. The maximum atomic E-state index is 4.37. The molecule has 3 heteroatoms. The predicted octanol–water partition coefficient (Wildman–Crippen LogP) is 4.98. The maximum Gasteiger partial charge on any atom is 0.0341 e. The van der Waals surface area contributed by atoms with Crippen LogP contribution in [0.5, 0.6) is 0 Å². The van der Waals surface area contributed by atoms with Crippen LogP contribution < -0.4 is 0 Å². The van der Waals surface area contributed by atoms with E-state index in [1.807, 2.05) is 36.4 Å². The monoisotopic (exact) mass is 501 g/mol. The van der Waals surface area contributed by atoms with E-state index in [0.29, 0.717) is 0 Å². The Balaban J connectivity index is 0.00000147. The largest absolute Gasteiger partial charge is 0.304 e. The van der Waals surface area contributed by atoms with E-state index in [1.54, 1.807) is 6.20 Å². The van der Waals surface area contributed by atoms with E-state index in [-0.39, 0.29) is 20.1 Å². The SMILES string of the molecule is Brc1ccc(-c2[c-]cc(-c3ccccc3)cc2)nc1.[Ir]. The smallest absolute Gasteiger partial charge is 0.0341 e. The topological polar surface area (TPSA) is 12.9 Å². The molecule has 1 radical (unpaired) electrons. The van der Waals surface area contributed by atoms with Crippen molar-refractivity contribution in [2.75, 3.05) is 0 Å². The Morgan fingerprint density at radius 2 is 1.65 bits per heavy atom. The zero-order valence-electron chi connectivity index (χ0n) is 10.5. The van der Waals surface area contributed by atoms with Gasteiger partial charge in [0, 0.05) is 30.8 Å². The van der Waals surface area contributed by atoms with Crippen molar-refractivity contribution in [3.63, 3.8) is 0 Å². The summed E-state index contributed by atoms with van der Waals surface area (Å²) in [6.45, 7) is 0. The third-order valence-electron chi connectivity index (χ3n) is 2.92. The molecule has 1 nitrogen and oxygen atoms in total. The van der Waals surface area contributed by atoms with Gasteiger partial charge in [-0.25, -0.2) is 0 Å². The second-order valence-electron chi connectivity index (χ2n) is 4.22. The van der Waals surface area contributed by atoms with Gasteiger partial charge in [-0.15, -0.1) is 29.8 Å². The molecule has 0 saturated carbocycles. The van der Waals surface area contributed by atoms with Gasteiger partial charge in [0.15, 0.2) is 0 Å². The molecule has 0 atom stereocenters. The van der Waals surface area contributed by atoms with Crippen LogP contribution in [0.1, 0.15) is 0 Å². The van der Waals surface area contributed by atoms with Crippen molar-refractivity contribution in [1.29, 1.82) is 0 Å². The van der Waals surface area contributed by atoms with E-state index in [0.717, 1.165) is 15.7 Å². The van der Waals surface area contributed by atoms with Crippen molar-refractivity contribution in [2.24, 2.45) is 0 Å². The molecule has 0 N–H and O–H groups in total. The van der Waals surface area contributed by atoms with Crippen LogP contribution in [0.15, 0.2) is 71.3 Å². The molecule has 20 heavy (non-hydrogen) atoms. The van der Waals surface area contributed by atoms with Gasteiger partial charge in [-0.1, -0.05) is 53.6 Å². The van der Waals surface area contributed by atoms with Gasteiger partial charge in [-0.2, -0.15) is 0 Å². The fraction of sp³-hybridized carbons (Fsp3) is 0. The Kier molecular flexibility index (Phi) is 5.24. The molecule has 0 spiro atoms. The van der Waals surface area contributed by atoms with E-state index < -0.39 is 0 Å². The zero-order chi connectivity index (χ0) is 13.1. The molecule has 101 valence electrons. The molecule has 0 aliphatic rings. The van der Waals surface area contributed by atoms with Gasteiger partial charge in [0.1, 0.15) is 0 Å². The maximum absolute atomic E-state index is 4.37. The Morgan fingerprint density at radius 3 is 2.25 bits per heavy atom. The number of hydrogen-bond acceptors (Lipinski definition) is 1. The van der Waals surface area contributed by atoms with Crippen LogP contribution in [0, 0.1) is 6.07 Å². The van der Waals surface area contributed by atoms with E-state index in [1.165, 1.54) is 11.1 Å². The van der Waals surface area contributed by atoms with Gasteiger partial charge in [0.05, 0.1) is 0 Å². The molecule has 3 aromatic rings. The van der Waals surface area contributed by atoms with E-state index in [2.05, 4.69) is 51.2 Å². The second-order valence-corrected chi connectivity index (χ2v) is 5.13. The summed E-state index contributed by atoms with van der Waals surface area (Å²) in [6.07, 6.45) is 1.80. The molecule has 0 aliphatic carbocycles. The molecular weight excluding hydrogens is 490 g/mol. The van der Waals surface area contributed by atoms with Crippen LogP contribution in [-0.4, -0.2) is 4.98 Å². The first-order valence-electron chi connectivity index (χ1n) is 6.02. The molecule has 0 amide bonds. The molecule has 0 saturated heterocycles. The van der Waals surface area contributed by atoms with Gasteiger partial charge in [0.25, 0.3) is 0 Å². The summed E-state index contributed by atoms with van der Waals surface area (Å²) in [5.41, 5.74) is 4.31. The van der Waals surface area contributed by atoms with Gasteiger partial charge in [-0.05, 0) is 21.6 Å². The van der Waals surface area contributed by atoms with Crippen LogP contribution in [0.4, 0.5) is 0 Å². The third kappa shape index (κ3) is 3.43. The van der Waals surface area contributed by atoms with Crippen molar-refractivity contribution in [2.45, 2.75) is 0 Å². The van der Waals surface area contributed by atoms with Crippen LogP contribution in [-0.2, 0) is 20.1 Å². The molecule has 0 bridgehead atoms. The van der Waals surface area contributed by atoms with Crippen LogP contribution >= 0.6 is 15.9 Å². The van der Waals surface area contributed by atoms with Crippen molar-refractivity contribution in [3.8, 4) is 22.4 Å². The van der Waals surface area contributed by atoms with Crippen molar-refractivity contribution >= 4 is 15.9 Å². The fourth-order valence-electron chi connectivity index (χ4n) is 1.93. The second kappa shape index (κ2) is 6.94. The van der Waals surface area contributed by atoms with Crippen LogP contribution in [0.25, 0.3) is 22.4 Å². The van der Waals surface area contributed by atoms with Gasteiger partial charge < -0.3 is 4.98 Å². The van der Waals surface area contributed by atoms with E-state index in [9.17, 15) is 0 Å². The normalized spacial score (nSPS) is 9.85. The molecule has 3 rings (SSSR count). The average Bonchev–Trinajstić information content (AvgIpc) is 2.49. The fourth-order valence-corrected chi connectivity index (χ4v) is 2.16. The molecule has 1 aromatic heterocycles. The summed E-state index contributed by atoms with van der Waals surface area (Å²) in [7, 11) is 0. The van der Waals surface area contributed by atoms with Crippen LogP contribution in [0.3, 0.4) is 0 Å². The zero-order valence-corrected chi connectivity index (χ0v) is 14.5. The molecule has 2 aromatic carbocycles. The van der Waals surface area contributed by atoms with Gasteiger partial charge in [0.2, 0.25) is 0 Å². The summed E-state index contributed by atoms with van der Waals surface area (Å²) in [5.74, 6) is 0. The Labute approximate surface area is 140 Å². The number of nitrogens with zero attached hydrogens (tertiary/aromatic N) is 1. The van der Waals surface area contributed by atoms with Crippen molar-refractivity contribution < 1.29 is 20.1 Å². The summed E-state index contributed by atoms with van der Waals surface area (Å²) < 4.78 is 0.983. The standard InChI is InChI=1S/C17H11BrN.Ir/c18-16-10-11-17(19-12-16)15-8-6-14(7-9-15)13-4-2-1-3-5-13;/h1-8,10-12H;/q-1;. The van der Waals surface area contributed by atoms with E-state index >= 15 is 0 Å². The first-order chi connectivity index (χ1) is 9.33. The minimum atomic E-state index is 0. The quantitative estimate of drug-likeness (QED) is 0.452. The first-order valence-corrected chi connectivity index (χ1v) is 6.81. The summed E-state index contributed by atoms with van der Waals surface area (Å²) in [5, 5.41) is 0. The van der Waals surface area contributed by atoms with Gasteiger partial charge >= 0.3 is 0 Å². The van der Waals surface area contributed by atoms with Crippen molar-refractivity contribution in [1.82, 2.24) is 4.98 Å². The summed E-state index contributed by atoms with van der Waals surface area (Å²) >= 11 is 3.39. The number of halogens is 1. The average molecular weight is 501 g/mol. The number of pyridine rings is 1. The Hall–Kier alpha value is -1.28. The summed E-state index contributed by atoms with van der Waals surface area (Å²) in [4.78, 5) is 4.37. The minimum absolute atomic E-state index is 0. The number of rotatable bonds is 2. The first kappa shape index (κ1) is 15.1. The van der Waals surface area contributed by atoms with Gasteiger partial charge in [-0.3, -0.25) is 0 Å². The van der Waals surface area contributed by atoms with Crippen LogP contribution in [0.2, 0.25) is 0 Å². The minimum Gasteiger partial charge on any atom is -0.304 e. The predicted molar refractivity (Wildman–Crippen MR) is 81.6 cm³/mol. The number of aromatic nitrogens is 1. The third-order valence-corrected chi connectivity index (χ3v) is 3.39. The van der Waals surface area contributed by atoms with Crippen molar-refractivity contribution in [3.05, 3.63) is 77.4 Å². The Bertz CT molecular complexity index is 664. The van der Waals surface area contributed by atoms with E-state index in [4.69, 9.17) is 0 Å². The molecule has 0 aliphatic heterocycles. The number of hydrogen-bond donors (Lipinski definition) is 0. The summed E-state index contributed by atoms with van der Waals surface area (Å²) in [6, 6.07) is 23.7. The molecule has 0 unspecified atom stereocenters. The number of benzene rings is 2. The molecule has 0 fully saturated rings. The molecule has 1 heterocycles. The molecular formula is C17H11BrIrN-.